The van der Waals surface area contributed by atoms with Crippen LogP contribution in [0.3, 0.4) is 0 Å². The lowest BCUT2D eigenvalue weighted by Gasteiger charge is -2.39. The molecule has 1 heterocycles. The molecule has 2 rings (SSSR count). The van der Waals surface area contributed by atoms with Crippen molar-refractivity contribution in [3.63, 3.8) is 0 Å². The number of amides is 1. The maximum atomic E-state index is 13.1. The Morgan fingerprint density at radius 3 is 2.24 bits per heavy atom. The number of hydrogen-bond acceptors (Lipinski definition) is 3. The Bertz CT molecular complexity index is 401. The maximum Gasteiger partial charge on any atom is 0.248 e. The summed E-state index contributed by atoms with van der Waals surface area (Å²) < 4.78 is 26.3. The lowest BCUT2D eigenvalue weighted by Crippen LogP contribution is -2.55. The van der Waals surface area contributed by atoms with Crippen LogP contribution in [-0.4, -0.2) is 58.8 Å². The Morgan fingerprint density at radius 2 is 1.76 bits per heavy atom. The molecule has 0 aromatic heterocycles. The van der Waals surface area contributed by atoms with Gasteiger partial charge in [0.05, 0.1) is 11.0 Å². The van der Waals surface area contributed by atoms with Gasteiger partial charge in [0.2, 0.25) is 11.8 Å². The normalized spacial score (nSPS) is 25.6. The molecule has 0 aromatic rings. The van der Waals surface area contributed by atoms with Gasteiger partial charge in [-0.15, -0.1) is 0 Å². The van der Waals surface area contributed by atoms with E-state index >= 15 is 0 Å². The number of nitrogens with zero attached hydrogens (tertiary/aromatic N) is 2. The zero-order valence-corrected chi connectivity index (χ0v) is 13.2. The number of carbonyl (C=O) groups is 1. The first-order valence-electron chi connectivity index (χ1n) is 7.50. The van der Waals surface area contributed by atoms with E-state index in [1.165, 1.54) is 0 Å². The average Bonchev–Trinajstić information content (AvgIpc) is 2.46. The van der Waals surface area contributed by atoms with Crippen LogP contribution in [0.2, 0.25) is 0 Å². The van der Waals surface area contributed by atoms with Crippen LogP contribution in [0, 0.1) is 5.92 Å². The third-order valence-electron chi connectivity index (χ3n) is 4.65. The Labute approximate surface area is 129 Å². The summed E-state index contributed by atoms with van der Waals surface area (Å²) in [7, 11) is 0. The minimum absolute atomic E-state index is 0.0330. The van der Waals surface area contributed by atoms with Crippen LogP contribution in [0.4, 0.5) is 8.78 Å². The number of halogens is 2. The van der Waals surface area contributed by atoms with Crippen LogP contribution in [0.15, 0.2) is 0 Å². The van der Waals surface area contributed by atoms with Gasteiger partial charge in [-0.3, -0.25) is 9.69 Å². The van der Waals surface area contributed by atoms with Gasteiger partial charge in [0.25, 0.3) is 0 Å². The van der Waals surface area contributed by atoms with Crippen molar-refractivity contribution in [3.05, 3.63) is 0 Å². The Morgan fingerprint density at radius 1 is 1.24 bits per heavy atom. The minimum Gasteiger partial charge on any atom is -0.392 e. The molecule has 0 radical (unpaired) electrons. The zero-order chi connectivity index (χ0) is 15.6. The fourth-order valence-electron chi connectivity index (χ4n) is 3.05. The second-order valence-electron chi connectivity index (χ2n) is 6.07. The zero-order valence-electron chi connectivity index (χ0n) is 12.4. The molecule has 1 saturated carbocycles. The first-order chi connectivity index (χ1) is 9.80. The monoisotopic (exact) mass is 319 g/mol. The van der Waals surface area contributed by atoms with Crippen LogP contribution < -0.4 is 5.73 Å². The molecule has 2 aliphatic rings. The third-order valence-corrected chi connectivity index (χ3v) is 4.99. The highest BCUT2D eigenvalue weighted by atomic mass is 32.1. The SMILES string of the molecule is CC(C(N)=S)N1CCN(C(=O)C2CCC(F)(F)CC2)CC1. The molecule has 4 nitrogen and oxygen atoms in total. The van der Waals surface area contributed by atoms with Crippen LogP contribution in [0.1, 0.15) is 32.6 Å². The number of piperazine rings is 1. The van der Waals surface area contributed by atoms with E-state index in [0.29, 0.717) is 30.9 Å². The molecule has 1 amide bonds. The summed E-state index contributed by atoms with van der Waals surface area (Å²) in [4.78, 5) is 16.8. The predicted molar refractivity (Wildman–Crippen MR) is 81.3 cm³/mol. The van der Waals surface area contributed by atoms with Crippen molar-refractivity contribution >= 4 is 23.1 Å². The fourth-order valence-corrected chi connectivity index (χ4v) is 3.20. The van der Waals surface area contributed by atoms with Crippen LogP contribution in [0.5, 0.6) is 0 Å². The van der Waals surface area contributed by atoms with E-state index in [9.17, 15) is 13.6 Å². The summed E-state index contributed by atoms with van der Waals surface area (Å²) in [6.45, 7) is 4.67. The minimum atomic E-state index is -2.58. The molecule has 0 aromatic carbocycles. The van der Waals surface area contributed by atoms with E-state index in [2.05, 4.69) is 4.90 Å². The van der Waals surface area contributed by atoms with Crippen molar-refractivity contribution < 1.29 is 13.6 Å². The van der Waals surface area contributed by atoms with E-state index in [1.54, 1.807) is 4.90 Å². The van der Waals surface area contributed by atoms with Gasteiger partial charge >= 0.3 is 0 Å². The number of rotatable bonds is 3. The van der Waals surface area contributed by atoms with Gasteiger partial charge in [-0.1, -0.05) is 12.2 Å². The van der Waals surface area contributed by atoms with Crippen molar-refractivity contribution in [1.82, 2.24) is 9.80 Å². The number of carbonyl (C=O) groups excluding carboxylic acids is 1. The molecule has 2 fully saturated rings. The van der Waals surface area contributed by atoms with Crippen molar-refractivity contribution in [2.24, 2.45) is 11.7 Å². The number of nitrogens with two attached hydrogens (primary N) is 1. The van der Waals surface area contributed by atoms with E-state index in [4.69, 9.17) is 18.0 Å². The van der Waals surface area contributed by atoms with Gasteiger partial charge in [-0.25, -0.2) is 8.78 Å². The molecule has 1 aliphatic carbocycles. The number of thiocarbonyl (C=S) groups is 1. The Balaban J connectivity index is 1.82. The van der Waals surface area contributed by atoms with E-state index in [1.807, 2.05) is 6.92 Å². The van der Waals surface area contributed by atoms with E-state index < -0.39 is 5.92 Å². The van der Waals surface area contributed by atoms with Crippen LogP contribution >= 0.6 is 12.2 Å². The maximum absolute atomic E-state index is 13.1. The molecule has 120 valence electrons. The van der Waals surface area contributed by atoms with Gasteiger partial charge in [0.1, 0.15) is 0 Å². The summed E-state index contributed by atoms with van der Waals surface area (Å²) >= 11 is 4.99. The second kappa shape index (κ2) is 6.52. The molecule has 0 bridgehead atoms. The summed E-state index contributed by atoms with van der Waals surface area (Å²) in [6, 6.07) is 0.0330. The molecule has 21 heavy (non-hydrogen) atoms. The van der Waals surface area contributed by atoms with Crippen LogP contribution in [-0.2, 0) is 4.79 Å². The Hall–Kier alpha value is -0.820. The van der Waals surface area contributed by atoms with Gasteiger partial charge < -0.3 is 10.6 Å². The van der Waals surface area contributed by atoms with E-state index in [0.717, 1.165) is 13.1 Å². The van der Waals surface area contributed by atoms with Crippen molar-refractivity contribution in [2.75, 3.05) is 26.2 Å². The Kier molecular flexibility index (Phi) is 5.14. The molecule has 1 atom stereocenters. The molecular weight excluding hydrogens is 296 g/mol. The fraction of sp³-hybridized carbons (Fsp3) is 0.857. The van der Waals surface area contributed by atoms with Crippen molar-refractivity contribution in [2.45, 2.75) is 44.6 Å². The van der Waals surface area contributed by atoms with Crippen LogP contribution in [0.25, 0.3) is 0 Å². The van der Waals surface area contributed by atoms with Gasteiger partial charge in [-0.2, -0.15) is 0 Å². The van der Waals surface area contributed by atoms with Gasteiger partial charge in [0, 0.05) is 44.9 Å². The molecular formula is C14H23F2N3OS. The number of alkyl halides is 2. The van der Waals surface area contributed by atoms with Gasteiger partial charge in [0.15, 0.2) is 0 Å². The summed E-state index contributed by atoms with van der Waals surface area (Å²) in [5, 5.41) is 0. The number of hydrogen-bond donors (Lipinski definition) is 1. The highest BCUT2D eigenvalue weighted by molar-refractivity contribution is 7.80. The molecule has 1 saturated heterocycles. The standard InChI is InChI=1S/C14H23F2N3OS/c1-10(12(17)21)18-6-8-19(9-7-18)13(20)11-2-4-14(15,16)5-3-11/h10-11H,2-9H2,1H3,(H2,17,21). The molecule has 7 heteroatoms. The molecule has 0 spiro atoms. The van der Waals surface area contributed by atoms with Crippen molar-refractivity contribution in [3.8, 4) is 0 Å². The highest BCUT2D eigenvalue weighted by Gasteiger charge is 2.39. The highest BCUT2D eigenvalue weighted by Crippen LogP contribution is 2.36. The lowest BCUT2D eigenvalue weighted by molar-refractivity contribution is -0.141. The molecule has 2 N–H and O–H groups in total. The second-order valence-corrected chi connectivity index (χ2v) is 6.54. The van der Waals surface area contributed by atoms with E-state index in [-0.39, 0.29) is 30.7 Å². The first-order valence-corrected chi connectivity index (χ1v) is 7.91. The van der Waals surface area contributed by atoms with Gasteiger partial charge in [-0.05, 0) is 19.8 Å². The smallest absolute Gasteiger partial charge is 0.248 e. The third kappa shape index (κ3) is 4.10. The largest absolute Gasteiger partial charge is 0.392 e. The topological polar surface area (TPSA) is 49.6 Å². The lowest BCUT2D eigenvalue weighted by atomic mass is 9.86. The summed E-state index contributed by atoms with van der Waals surface area (Å²) in [5.74, 6) is -2.78. The summed E-state index contributed by atoms with van der Waals surface area (Å²) in [5.41, 5.74) is 5.64. The molecule has 1 aliphatic heterocycles. The molecule has 1 unspecified atom stereocenters. The predicted octanol–water partition coefficient (Wildman–Crippen LogP) is 1.63. The quantitative estimate of drug-likeness (QED) is 0.803. The summed E-state index contributed by atoms with van der Waals surface area (Å²) in [6.07, 6.45) is 0.272. The van der Waals surface area contributed by atoms with Crippen molar-refractivity contribution in [1.29, 1.82) is 0 Å². The first kappa shape index (κ1) is 16.5. The average molecular weight is 319 g/mol.